The lowest BCUT2D eigenvalue weighted by molar-refractivity contribution is 0.119. The van der Waals surface area contributed by atoms with Gasteiger partial charge in [-0.3, -0.25) is 5.32 Å². The number of hydrogen-bond acceptors (Lipinski definition) is 3. The fraction of sp³-hybridized carbons (Fsp3) is 0.361. The zero-order valence-electron chi connectivity index (χ0n) is 24.6. The van der Waals surface area contributed by atoms with Crippen molar-refractivity contribution in [2.24, 2.45) is 0 Å². The Balaban J connectivity index is 1.34. The molecule has 0 bridgehead atoms. The summed E-state index contributed by atoms with van der Waals surface area (Å²) in [6.07, 6.45) is 0.130. The lowest BCUT2D eigenvalue weighted by atomic mass is 9.80. The lowest BCUT2D eigenvalue weighted by Gasteiger charge is -2.27. The van der Waals surface area contributed by atoms with Gasteiger partial charge >= 0.3 is 6.09 Å². The normalized spacial score (nSPS) is 17.8. The second kappa shape index (κ2) is 11.1. The highest BCUT2D eigenvalue weighted by atomic mass is 16.6. The summed E-state index contributed by atoms with van der Waals surface area (Å²) < 4.78 is 5.93. The van der Waals surface area contributed by atoms with Crippen molar-refractivity contribution in [3.8, 4) is 0 Å². The monoisotopic (exact) mass is 534 g/mol. The van der Waals surface area contributed by atoms with E-state index < -0.39 is 6.09 Å². The molecule has 4 aromatic carbocycles. The van der Waals surface area contributed by atoms with E-state index in [4.69, 9.17) is 4.74 Å². The van der Waals surface area contributed by atoms with Crippen molar-refractivity contribution in [1.82, 2.24) is 5.32 Å². The maximum absolute atomic E-state index is 12.9. The predicted molar refractivity (Wildman–Crippen MR) is 166 cm³/mol. The van der Waals surface area contributed by atoms with Crippen molar-refractivity contribution in [2.45, 2.75) is 76.9 Å². The first-order valence-electron chi connectivity index (χ1n) is 14.4. The van der Waals surface area contributed by atoms with Crippen LogP contribution in [0.5, 0.6) is 0 Å². The van der Waals surface area contributed by atoms with E-state index in [1.165, 1.54) is 22.3 Å². The first-order valence-corrected chi connectivity index (χ1v) is 14.4. The number of rotatable bonds is 5. The van der Waals surface area contributed by atoms with Gasteiger partial charge in [0.2, 0.25) is 0 Å². The lowest BCUT2D eigenvalue weighted by Crippen LogP contribution is -2.30. The van der Waals surface area contributed by atoms with Crippen LogP contribution in [0.1, 0.15) is 76.1 Å². The van der Waals surface area contributed by atoms with Gasteiger partial charge in [-0.15, -0.1) is 0 Å². The van der Waals surface area contributed by atoms with Gasteiger partial charge in [0.25, 0.3) is 0 Å². The Morgan fingerprint density at radius 1 is 0.775 bits per heavy atom. The summed E-state index contributed by atoms with van der Waals surface area (Å²) in [5.41, 5.74) is 6.16. The van der Waals surface area contributed by atoms with Gasteiger partial charge in [0.05, 0.1) is 5.69 Å². The summed E-state index contributed by atoms with van der Waals surface area (Å²) in [7, 11) is 0. The van der Waals surface area contributed by atoms with E-state index in [1.807, 2.05) is 42.5 Å². The van der Waals surface area contributed by atoms with Crippen LogP contribution in [0.25, 0.3) is 10.8 Å². The topological polar surface area (TPSA) is 50.4 Å². The Labute approximate surface area is 239 Å². The maximum Gasteiger partial charge on any atom is 0.411 e. The second-order valence-corrected chi connectivity index (χ2v) is 13.2. The third kappa shape index (κ3) is 6.23. The quantitative estimate of drug-likeness (QED) is 0.270. The minimum absolute atomic E-state index is 0.102. The van der Waals surface area contributed by atoms with Gasteiger partial charge in [-0.2, -0.15) is 0 Å². The van der Waals surface area contributed by atoms with Crippen LogP contribution in [0.4, 0.5) is 10.5 Å². The molecule has 0 spiro atoms. The maximum atomic E-state index is 12.9. The third-order valence-electron chi connectivity index (χ3n) is 8.10. The molecule has 1 aliphatic rings. The average molecular weight is 535 g/mol. The second-order valence-electron chi connectivity index (χ2n) is 13.2. The summed E-state index contributed by atoms with van der Waals surface area (Å²) in [5, 5.41) is 8.74. The van der Waals surface area contributed by atoms with Crippen LogP contribution in [0.15, 0.2) is 91.0 Å². The van der Waals surface area contributed by atoms with Crippen LogP contribution in [0.2, 0.25) is 0 Å². The number of ether oxygens (including phenoxy) is 1. The van der Waals surface area contributed by atoms with Gasteiger partial charge in [0.1, 0.15) is 6.10 Å². The predicted octanol–water partition coefficient (Wildman–Crippen LogP) is 8.55. The molecule has 2 N–H and O–H groups in total. The number of fused-ring (bicyclic) bond motifs is 1. The molecule has 40 heavy (non-hydrogen) atoms. The molecule has 1 saturated heterocycles. The molecule has 0 saturated carbocycles. The van der Waals surface area contributed by atoms with E-state index in [2.05, 4.69) is 101 Å². The van der Waals surface area contributed by atoms with Crippen molar-refractivity contribution in [3.05, 3.63) is 113 Å². The smallest absolute Gasteiger partial charge is 0.411 e. The van der Waals surface area contributed by atoms with Crippen LogP contribution in [0, 0.1) is 0 Å². The SMILES string of the molecule is CC(C)(C)c1ccc(C(c2ccc(C(C)(C)C)cc2)[C@H]2C[C@@H](OC(=O)Nc3cccc4ccccc34)CN2)cc1. The van der Waals surface area contributed by atoms with Crippen molar-refractivity contribution < 1.29 is 9.53 Å². The van der Waals surface area contributed by atoms with E-state index in [0.29, 0.717) is 6.54 Å². The van der Waals surface area contributed by atoms with Gasteiger partial charge < -0.3 is 10.1 Å². The summed E-state index contributed by atoms with van der Waals surface area (Å²) in [5.74, 6) is 0.151. The number of nitrogens with one attached hydrogen (secondary N) is 2. The molecule has 0 radical (unpaired) electrons. The largest absolute Gasteiger partial charge is 0.445 e. The van der Waals surface area contributed by atoms with E-state index in [-0.39, 0.29) is 28.9 Å². The van der Waals surface area contributed by atoms with E-state index >= 15 is 0 Å². The molecule has 1 fully saturated rings. The molecule has 0 aliphatic carbocycles. The number of amides is 1. The Morgan fingerprint density at radius 2 is 1.32 bits per heavy atom. The summed E-state index contributed by atoms with van der Waals surface area (Å²) in [6, 6.07) is 32.2. The minimum Gasteiger partial charge on any atom is -0.445 e. The van der Waals surface area contributed by atoms with Gasteiger partial charge in [0.15, 0.2) is 0 Å². The third-order valence-corrected chi connectivity index (χ3v) is 8.10. The molecule has 4 aromatic rings. The number of hydrogen-bond donors (Lipinski definition) is 2. The number of anilines is 1. The average Bonchev–Trinajstić information content (AvgIpc) is 3.36. The first-order chi connectivity index (χ1) is 19.0. The van der Waals surface area contributed by atoms with Crippen molar-refractivity contribution in [3.63, 3.8) is 0 Å². The Morgan fingerprint density at radius 3 is 1.90 bits per heavy atom. The Hall–Kier alpha value is -3.63. The molecular formula is C36H42N2O2. The molecule has 1 amide bonds. The first kappa shape index (κ1) is 27.9. The number of carbonyl (C=O) groups is 1. The fourth-order valence-corrected chi connectivity index (χ4v) is 5.74. The highest BCUT2D eigenvalue weighted by Crippen LogP contribution is 2.35. The van der Waals surface area contributed by atoms with E-state index in [0.717, 1.165) is 22.9 Å². The van der Waals surface area contributed by atoms with Crippen molar-refractivity contribution in [1.29, 1.82) is 0 Å². The van der Waals surface area contributed by atoms with Gasteiger partial charge in [-0.1, -0.05) is 126 Å². The molecule has 208 valence electrons. The molecule has 5 rings (SSSR count). The molecule has 4 heteroatoms. The van der Waals surface area contributed by atoms with Crippen LogP contribution >= 0.6 is 0 Å². The number of benzene rings is 4. The molecule has 4 nitrogen and oxygen atoms in total. The van der Waals surface area contributed by atoms with Gasteiger partial charge in [0, 0.05) is 30.3 Å². The van der Waals surface area contributed by atoms with Gasteiger partial charge in [-0.25, -0.2) is 4.79 Å². The Kier molecular flexibility index (Phi) is 7.74. The molecular weight excluding hydrogens is 492 g/mol. The molecule has 1 heterocycles. The van der Waals surface area contributed by atoms with Crippen LogP contribution in [-0.2, 0) is 15.6 Å². The highest BCUT2D eigenvalue weighted by Gasteiger charge is 2.34. The number of carbonyl (C=O) groups excluding carboxylic acids is 1. The van der Waals surface area contributed by atoms with Crippen LogP contribution in [-0.4, -0.2) is 24.8 Å². The fourth-order valence-electron chi connectivity index (χ4n) is 5.74. The standard InChI is InChI=1S/C36H42N2O2/c1-35(2,3)27-18-14-25(15-19-27)33(26-16-20-28(21-17-26)36(4,5)6)32-22-29(23-37-32)40-34(39)38-31-13-9-11-24-10-7-8-12-30(24)31/h7-21,29,32-33,37H,22-23H2,1-6H3,(H,38,39)/t29-,32-/m1/s1. The highest BCUT2D eigenvalue weighted by molar-refractivity contribution is 6.00. The summed E-state index contributed by atoms with van der Waals surface area (Å²) in [6.45, 7) is 14.1. The zero-order chi connectivity index (χ0) is 28.5. The zero-order valence-corrected chi connectivity index (χ0v) is 24.6. The molecule has 2 atom stereocenters. The molecule has 0 aromatic heterocycles. The summed E-state index contributed by atoms with van der Waals surface area (Å²) in [4.78, 5) is 12.9. The van der Waals surface area contributed by atoms with Crippen LogP contribution < -0.4 is 10.6 Å². The minimum atomic E-state index is -0.413. The van der Waals surface area contributed by atoms with Crippen LogP contribution in [0.3, 0.4) is 0 Å². The van der Waals surface area contributed by atoms with Gasteiger partial charge in [-0.05, 0) is 44.5 Å². The summed E-state index contributed by atoms with van der Waals surface area (Å²) >= 11 is 0. The Bertz CT molecular complexity index is 1400. The van der Waals surface area contributed by atoms with Crippen molar-refractivity contribution in [2.75, 3.05) is 11.9 Å². The van der Waals surface area contributed by atoms with Crippen molar-refractivity contribution >= 4 is 22.6 Å². The van der Waals surface area contributed by atoms with E-state index in [1.54, 1.807) is 0 Å². The molecule has 1 aliphatic heterocycles. The molecule has 0 unspecified atom stereocenters. The van der Waals surface area contributed by atoms with E-state index in [9.17, 15) is 4.79 Å².